The Morgan fingerprint density at radius 1 is 1.32 bits per heavy atom. The quantitative estimate of drug-likeness (QED) is 0.847. The van der Waals surface area contributed by atoms with Crippen molar-refractivity contribution in [2.75, 3.05) is 26.2 Å². The molecule has 25 heavy (non-hydrogen) atoms. The monoisotopic (exact) mass is 387 g/mol. The van der Waals surface area contributed by atoms with E-state index >= 15 is 0 Å². The summed E-state index contributed by atoms with van der Waals surface area (Å²) in [6.45, 7) is 2.09. The fraction of sp³-hybridized carbons (Fsp3) is 0.529. The van der Waals surface area contributed by atoms with Gasteiger partial charge in [0.25, 0.3) is 5.91 Å². The van der Waals surface area contributed by atoms with Crippen LogP contribution in [0.1, 0.15) is 18.4 Å². The molecule has 0 radical (unpaired) electrons. The molecule has 2 atom stereocenters. The highest BCUT2D eigenvalue weighted by atomic mass is 35.5. The van der Waals surface area contributed by atoms with Gasteiger partial charge in [0, 0.05) is 31.2 Å². The van der Waals surface area contributed by atoms with Crippen LogP contribution in [0.2, 0.25) is 5.02 Å². The number of carbonyl (C=O) groups excluding carboxylic acids is 2. The summed E-state index contributed by atoms with van der Waals surface area (Å²) in [4.78, 5) is 28.2. The Labute approximate surface area is 158 Å². The van der Waals surface area contributed by atoms with Gasteiger partial charge < -0.3 is 20.3 Å². The van der Waals surface area contributed by atoms with Crippen LogP contribution in [-0.4, -0.2) is 60.0 Å². The van der Waals surface area contributed by atoms with Crippen molar-refractivity contribution < 1.29 is 14.3 Å². The van der Waals surface area contributed by atoms with Gasteiger partial charge in [-0.15, -0.1) is 12.4 Å². The zero-order valence-corrected chi connectivity index (χ0v) is 15.5. The van der Waals surface area contributed by atoms with E-state index in [1.807, 2.05) is 18.2 Å². The first kappa shape index (κ1) is 20.0. The van der Waals surface area contributed by atoms with Gasteiger partial charge in [-0.25, -0.2) is 0 Å². The Bertz CT molecular complexity index is 629. The van der Waals surface area contributed by atoms with E-state index in [0.29, 0.717) is 37.6 Å². The standard InChI is InChI=1S/C17H22ClN3O3.ClH/c18-13-3-1-2-12(8-13)10-20-6-7-21(11-16(20)22)17(23)15-5-4-14(9-19)24-15;/h1-3,8,14-15H,4-7,9-11,19H2;1H/t14-,15+;/m1./s1. The van der Waals surface area contributed by atoms with Crippen LogP contribution in [0, 0.1) is 0 Å². The molecule has 0 unspecified atom stereocenters. The van der Waals surface area contributed by atoms with E-state index in [1.165, 1.54) is 0 Å². The van der Waals surface area contributed by atoms with Gasteiger partial charge in [0.1, 0.15) is 6.10 Å². The van der Waals surface area contributed by atoms with Crippen molar-refractivity contribution in [2.24, 2.45) is 5.73 Å². The van der Waals surface area contributed by atoms with Gasteiger partial charge in [-0.1, -0.05) is 23.7 Å². The van der Waals surface area contributed by atoms with Gasteiger partial charge in [0.05, 0.1) is 12.6 Å². The molecule has 2 fully saturated rings. The van der Waals surface area contributed by atoms with E-state index < -0.39 is 6.10 Å². The van der Waals surface area contributed by atoms with E-state index in [9.17, 15) is 9.59 Å². The van der Waals surface area contributed by atoms with Crippen LogP contribution >= 0.6 is 24.0 Å². The number of halogens is 2. The zero-order chi connectivity index (χ0) is 17.1. The van der Waals surface area contributed by atoms with Gasteiger partial charge >= 0.3 is 0 Å². The molecule has 2 amide bonds. The summed E-state index contributed by atoms with van der Waals surface area (Å²) in [5.74, 6) is -0.148. The minimum atomic E-state index is -0.453. The maximum Gasteiger partial charge on any atom is 0.252 e. The van der Waals surface area contributed by atoms with Crippen LogP contribution < -0.4 is 5.73 Å². The predicted molar refractivity (Wildman–Crippen MR) is 97.6 cm³/mol. The molecule has 6 nitrogen and oxygen atoms in total. The first-order valence-electron chi connectivity index (χ1n) is 8.23. The van der Waals surface area contributed by atoms with Gasteiger partial charge in [-0.05, 0) is 30.5 Å². The minimum absolute atomic E-state index is 0. The van der Waals surface area contributed by atoms with Crippen LogP contribution in [0.3, 0.4) is 0 Å². The van der Waals surface area contributed by atoms with Crippen molar-refractivity contribution in [1.82, 2.24) is 9.80 Å². The Hall–Kier alpha value is -1.34. The third-order valence-electron chi connectivity index (χ3n) is 4.54. The first-order chi connectivity index (χ1) is 11.6. The van der Waals surface area contributed by atoms with Crippen LogP contribution in [0.5, 0.6) is 0 Å². The van der Waals surface area contributed by atoms with Crippen molar-refractivity contribution in [3.05, 3.63) is 34.9 Å². The van der Waals surface area contributed by atoms with Gasteiger partial charge in [-0.3, -0.25) is 9.59 Å². The highest BCUT2D eigenvalue weighted by Crippen LogP contribution is 2.22. The Balaban J connectivity index is 0.00000225. The lowest BCUT2D eigenvalue weighted by atomic mass is 10.1. The van der Waals surface area contributed by atoms with Crippen LogP contribution in [0.15, 0.2) is 24.3 Å². The number of rotatable bonds is 4. The lowest BCUT2D eigenvalue weighted by Gasteiger charge is -2.35. The number of nitrogens with two attached hydrogens (primary N) is 1. The summed E-state index contributed by atoms with van der Waals surface area (Å²) in [5.41, 5.74) is 6.57. The van der Waals surface area contributed by atoms with Crippen LogP contribution in [-0.2, 0) is 20.9 Å². The van der Waals surface area contributed by atoms with Crippen LogP contribution in [0.4, 0.5) is 0 Å². The molecule has 2 saturated heterocycles. The number of benzene rings is 1. The number of nitrogens with zero attached hydrogens (tertiary/aromatic N) is 2. The fourth-order valence-corrected chi connectivity index (χ4v) is 3.40. The Morgan fingerprint density at radius 2 is 2.12 bits per heavy atom. The highest BCUT2D eigenvalue weighted by molar-refractivity contribution is 6.30. The second-order valence-corrected chi connectivity index (χ2v) is 6.70. The van der Waals surface area contributed by atoms with E-state index in [0.717, 1.165) is 12.0 Å². The number of hydrogen-bond acceptors (Lipinski definition) is 4. The van der Waals surface area contributed by atoms with Crippen molar-refractivity contribution in [2.45, 2.75) is 31.6 Å². The Kier molecular flexibility index (Phi) is 7.07. The molecule has 1 aromatic carbocycles. The number of carbonyl (C=O) groups is 2. The fourth-order valence-electron chi connectivity index (χ4n) is 3.18. The second-order valence-electron chi connectivity index (χ2n) is 6.26. The topological polar surface area (TPSA) is 75.9 Å². The number of amides is 2. The molecule has 0 spiro atoms. The zero-order valence-electron chi connectivity index (χ0n) is 13.9. The normalized spacial score (nSPS) is 23.5. The molecule has 0 saturated carbocycles. The summed E-state index contributed by atoms with van der Waals surface area (Å²) in [5, 5.41) is 0.654. The molecule has 2 N–H and O–H groups in total. The molecule has 0 aromatic heterocycles. The average Bonchev–Trinajstić information content (AvgIpc) is 3.05. The van der Waals surface area contributed by atoms with Crippen molar-refractivity contribution in [3.8, 4) is 0 Å². The predicted octanol–water partition coefficient (Wildman–Crippen LogP) is 1.44. The molecule has 8 heteroatoms. The highest BCUT2D eigenvalue weighted by Gasteiger charge is 2.35. The van der Waals surface area contributed by atoms with E-state index in [1.54, 1.807) is 15.9 Å². The maximum atomic E-state index is 12.5. The SMILES string of the molecule is Cl.NC[C@H]1CC[C@@H](C(=O)N2CCN(Cc3cccc(Cl)c3)C(=O)C2)O1. The van der Waals surface area contributed by atoms with E-state index in [-0.39, 0.29) is 36.9 Å². The van der Waals surface area contributed by atoms with E-state index in [2.05, 4.69) is 0 Å². The van der Waals surface area contributed by atoms with Gasteiger partial charge in [0.15, 0.2) is 0 Å². The summed E-state index contributed by atoms with van der Waals surface area (Å²) in [7, 11) is 0. The van der Waals surface area contributed by atoms with Gasteiger partial charge in [0.2, 0.25) is 5.91 Å². The number of piperazine rings is 1. The molecule has 2 heterocycles. The lowest BCUT2D eigenvalue weighted by Crippen LogP contribution is -2.54. The Morgan fingerprint density at radius 3 is 2.76 bits per heavy atom. The second kappa shape index (κ2) is 8.85. The largest absolute Gasteiger partial charge is 0.364 e. The molecule has 138 valence electrons. The molecule has 0 bridgehead atoms. The molecular weight excluding hydrogens is 365 g/mol. The lowest BCUT2D eigenvalue weighted by molar-refractivity contribution is -0.152. The van der Waals surface area contributed by atoms with Crippen molar-refractivity contribution in [3.63, 3.8) is 0 Å². The number of ether oxygens (including phenoxy) is 1. The molecule has 2 aliphatic heterocycles. The molecular formula is C17H23Cl2N3O3. The first-order valence-corrected chi connectivity index (χ1v) is 8.61. The minimum Gasteiger partial charge on any atom is -0.364 e. The summed E-state index contributed by atoms with van der Waals surface area (Å²) in [6.07, 6.45) is 0.984. The molecule has 2 aliphatic rings. The third kappa shape index (κ3) is 4.85. The average molecular weight is 388 g/mol. The summed E-state index contributed by atoms with van der Waals surface area (Å²) < 4.78 is 5.64. The van der Waals surface area contributed by atoms with E-state index in [4.69, 9.17) is 22.1 Å². The molecule has 0 aliphatic carbocycles. The smallest absolute Gasteiger partial charge is 0.252 e. The van der Waals surface area contributed by atoms with Crippen molar-refractivity contribution in [1.29, 1.82) is 0 Å². The van der Waals surface area contributed by atoms with Gasteiger partial charge in [-0.2, -0.15) is 0 Å². The molecule has 1 aromatic rings. The van der Waals surface area contributed by atoms with Crippen LogP contribution in [0.25, 0.3) is 0 Å². The summed E-state index contributed by atoms with van der Waals surface area (Å²) in [6, 6.07) is 7.47. The maximum absolute atomic E-state index is 12.5. The third-order valence-corrected chi connectivity index (χ3v) is 4.77. The molecule has 3 rings (SSSR count). The summed E-state index contributed by atoms with van der Waals surface area (Å²) >= 11 is 5.98. The van der Waals surface area contributed by atoms with Crippen molar-refractivity contribution >= 4 is 35.8 Å². The number of hydrogen-bond donors (Lipinski definition) is 1.